The molecule has 0 aromatic carbocycles. The second-order valence-corrected chi connectivity index (χ2v) is 3.52. The van der Waals surface area contributed by atoms with E-state index in [0.717, 1.165) is 12.8 Å². The SMILES string of the molecule is CCCCC(CC)n1[nH]nnc1=S. The van der Waals surface area contributed by atoms with E-state index in [4.69, 9.17) is 12.2 Å². The molecule has 0 saturated heterocycles. The Kier molecular flexibility index (Phi) is 4.08. The van der Waals surface area contributed by atoms with Crippen LogP contribution in [0.5, 0.6) is 0 Å². The van der Waals surface area contributed by atoms with Crippen LogP contribution < -0.4 is 0 Å². The van der Waals surface area contributed by atoms with Crippen molar-refractivity contribution in [2.24, 2.45) is 0 Å². The van der Waals surface area contributed by atoms with Crippen molar-refractivity contribution in [3.05, 3.63) is 4.77 Å². The highest BCUT2D eigenvalue weighted by molar-refractivity contribution is 7.71. The van der Waals surface area contributed by atoms with Crippen molar-refractivity contribution in [3.63, 3.8) is 0 Å². The molecule has 74 valence electrons. The zero-order chi connectivity index (χ0) is 9.68. The van der Waals surface area contributed by atoms with Crippen LogP contribution in [-0.4, -0.2) is 20.2 Å². The zero-order valence-corrected chi connectivity index (χ0v) is 8.97. The fraction of sp³-hybridized carbons (Fsp3) is 0.875. The second kappa shape index (κ2) is 5.11. The lowest BCUT2D eigenvalue weighted by atomic mass is 10.1. The first-order valence-corrected chi connectivity index (χ1v) is 5.20. The van der Waals surface area contributed by atoms with Crippen LogP contribution in [0, 0.1) is 4.77 Å². The summed E-state index contributed by atoms with van der Waals surface area (Å²) in [5, 5.41) is 10.3. The summed E-state index contributed by atoms with van der Waals surface area (Å²) in [5.74, 6) is 0. The van der Waals surface area contributed by atoms with Crippen LogP contribution >= 0.6 is 12.2 Å². The van der Waals surface area contributed by atoms with Gasteiger partial charge in [-0.05, 0) is 25.1 Å². The topological polar surface area (TPSA) is 46.5 Å². The fourth-order valence-corrected chi connectivity index (χ4v) is 1.63. The molecule has 0 aliphatic carbocycles. The van der Waals surface area contributed by atoms with Gasteiger partial charge in [0.05, 0.1) is 6.04 Å². The number of aromatic nitrogens is 4. The lowest BCUT2D eigenvalue weighted by Gasteiger charge is -2.13. The summed E-state index contributed by atoms with van der Waals surface area (Å²) in [6.45, 7) is 4.35. The quantitative estimate of drug-likeness (QED) is 0.743. The molecule has 1 aromatic rings. The molecule has 0 radical (unpaired) electrons. The number of tetrazole rings is 1. The minimum atomic E-state index is 0.433. The van der Waals surface area contributed by atoms with Crippen molar-refractivity contribution in [2.75, 3.05) is 0 Å². The molecule has 1 aromatic heterocycles. The highest BCUT2D eigenvalue weighted by atomic mass is 32.1. The van der Waals surface area contributed by atoms with Gasteiger partial charge in [0.15, 0.2) is 0 Å². The van der Waals surface area contributed by atoms with Crippen LogP contribution in [0.2, 0.25) is 0 Å². The maximum Gasteiger partial charge on any atom is 0.238 e. The number of nitrogens with zero attached hydrogens (tertiary/aromatic N) is 3. The molecule has 1 heterocycles. The normalized spacial score (nSPS) is 13.1. The fourth-order valence-electron chi connectivity index (χ4n) is 1.40. The summed E-state index contributed by atoms with van der Waals surface area (Å²) in [4.78, 5) is 0. The van der Waals surface area contributed by atoms with E-state index in [0.29, 0.717) is 10.8 Å². The van der Waals surface area contributed by atoms with E-state index in [1.165, 1.54) is 12.8 Å². The maximum absolute atomic E-state index is 5.04. The largest absolute Gasteiger partial charge is 0.239 e. The molecule has 5 heteroatoms. The molecular weight excluding hydrogens is 184 g/mol. The number of aromatic amines is 1. The number of unbranched alkanes of at least 4 members (excludes halogenated alkanes) is 1. The Morgan fingerprint density at radius 1 is 1.54 bits per heavy atom. The van der Waals surface area contributed by atoms with E-state index in [-0.39, 0.29) is 0 Å². The van der Waals surface area contributed by atoms with Crippen molar-refractivity contribution in [2.45, 2.75) is 45.6 Å². The lowest BCUT2D eigenvalue weighted by Crippen LogP contribution is -2.10. The smallest absolute Gasteiger partial charge is 0.238 e. The van der Waals surface area contributed by atoms with Crippen molar-refractivity contribution in [1.82, 2.24) is 20.2 Å². The van der Waals surface area contributed by atoms with Crippen LogP contribution in [0.15, 0.2) is 0 Å². The maximum atomic E-state index is 5.04. The Morgan fingerprint density at radius 3 is 2.77 bits per heavy atom. The molecule has 0 bridgehead atoms. The molecule has 0 spiro atoms. The first kappa shape index (κ1) is 10.4. The number of hydrogen-bond acceptors (Lipinski definition) is 3. The molecular formula is C8H16N4S. The van der Waals surface area contributed by atoms with Gasteiger partial charge in [-0.3, -0.25) is 0 Å². The molecule has 4 nitrogen and oxygen atoms in total. The lowest BCUT2D eigenvalue weighted by molar-refractivity contribution is 0.388. The number of nitrogens with one attached hydrogen (secondary N) is 1. The Labute approximate surface area is 83.3 Å². The minimum Gasteiger partial charge on any atom is -0.239 e. The molecule has 13 heavy (non-hydrogen) atoms. The van der Waals surface area contributed by atoms with Crippen molar-refractivity contribution < 1.29 is 0 Å². The van der Waals surface area contributed by atoms with E-state index in [2.05, 4.69) is 29.4 Å². The molecule has 0 amide bonds. The number of hydrogen-bond donors (Lipinski definition) is 1. The van der Waals surface area contributed by atoms with Gasteiger partial charge in [0.2, 0.25) is 4.77 Å². The van der Waals surface area contributed by atoms with Gasteiger partial charge in [0.25, 0.3) is 0 Å². The van der Waals surface area contributed by atoms with E-state index in [9.17, 15) is 0 Å². The van der Waals surface area contributed by atoms with Gasteiger partial charge in [-0.15, -0.1) is 0 Å². The van der Waals surface area contributed by atoms with E-state index >= 15 is 0 Å². The highest BCUT2D eigenvalue weighted by Gasteiger charge is 2.09. The highest BCUT2D eigenvalue weighted by Crippen LogP contribution is 2.17. The van der Waals surface area contributed by atoms with Gasteiger partial charge in [-0.1, -0.05) is 37.0 Å². The third-order valence-electron chi connectivity index (χ3n) is 2.22. The Balaban J connectivity index is 2.67. The average molecular weight is 200 g/mol. The molecule has 0 fully saturated rings. The molecule has 0 saturated carbocycles. The van der Waals surface area contributed by atoms with Gasteiger partial charge in [-0.2, -0.15) is 5.21 Å². The van der Waals surface area contributed by atoms with Crippen molar-refractivity contribution in [1.29, 1.82) is 0 Å². The number of rotatable bonds is 5. The minimum absolute atomic E-state index is 0.433. The summed E-state index contributed by atoms with van der Waals surface area (Å²) in [6.07, 6.45) is 4.65. The van der Waals surface area contributed by atoms with Gasteiger partial charge in [0.1, 0.15) is 0 Å². The first-order chi connectivity index (χ1) is 6.29. The molecule has 0 aliphatic heterocycles. The van der Waals surface area contributed by atoms with Gasteiger partial charge in [-0.25, -0.2) is 4.68 Å². The summed E-state index contributed by atoms with van der Waals surface area (Å²) in [6, 6.07) is 0.433. The van der Waals surface area contributed by atoms with Crippen molar-refractivity contribution >= 4 is 12.2 Å². The Bertz CT molecular complexity index is 290. The predicted molar refractivity (Wildman–Crippen MR) is 54.1 cm³/mol. The van der Waals surface area contributed by atoms with Crippen molar-refractivity contribution in [3.8, 4) is 0 Å². The number of H-pyrrole nitrogens is 1. The zero-order valence-electron chi connectivity index (χ0n) is 8.16. The molecule has 0 aliphatic rings. The average Bonchev–Trinajstić information content (AvgIpc) is 2.54. The summed E-state index contributed by atoms with van der Waals surface area (Å²) < 4.78 is 2.44. The van der Waals surface area contributed by atoms with Gasteiger partial charge < -0.3 is 0 Å². The molecule has 1 atom stereocenters. The summed E-state index contributed by atoms with van der Waals surface area (Å²) >= 11 is 5.04. The van der Waals surface area contributed by atoms with E-state index in [1.54, 1.807) is 0 Å². The molecule has 1 N–H and O–H groups in total. The van der Waals surface area contributed by atoms with Crippen LogP contribution in [0.4, 0.5) is 0 Å². The van der Waals surface area contributed by atoms with Crippen LogP contribution in [0.1, 0.15) is 45.6 Å². The standard InChI is InChI=1S/C8H16N4S/c1-3-5-6-7(4-2)12-8(13)9-10-11-12/h7H,3-6H2,1-2H3,(H,9,11,13). The molecule has 1 rings (SSSR count). The summed E-state index contributed by atoms with van der Waals surface area (Å²) in [5.41, 5.74) is 0. The van der Waals surface area contributed by atoms with Crippen LogP contribution in [0.3, 0.4) is 0 Å². The monoisotopic (exact) mass is 200 g/mol. The molecule has 1 unspecified atom stereocenters. The Hall–Kier alpha value is -0.710. The van der Waals surface area contributed by atoms with Gasteiger partial charge >= 0.3 is 0 Å². The summed E-state index contributed by atoms with van der Waals surface area (Å²) in [7, 11) is 0. The predicted octanol–water partition coefficient (Wildman–Crippen LogP) is 2.48. The Morgan fingerprint density at radius 2 is 2.31 bits per heavy atom. The van der Waals surface area contributed by atoms with Crippen LogP contribution in [-0.2, 0) is 0 Å². The second-order valence-electron chi connectivity index (χ2n) is 3.16. The third kappa shape index (κ3) is 2.62. The van der Waals surface area contributed by atoms with Crippen LogP contribution in [0.25, 0.3) is 0 Å². The van der Waals surface area contributed by atoms with E-state index in [1.807, 2.05) is 4.68 Å². The van der Waals surface area contributed by atoms with Gasteiger partial charge in [0, 0.05) is 0 Å². The first-order valence-electron chi connectivity index (χ1n) is 4.79. The third-order valence-corrected chi connectivity index (χ3v) is 2.50. The van der Waals surface area contributed by atoms with E-state index < -0.39 is 0 Å².